The summed E-state index contributed by atoms with van der Waals surface area (Å²) in [6.45, 7) is 0.823. The Morgan fingerprint density at radius 2 is 2.06 bits per heavy atom. The number of ether oxygens (including phenoxy) is 1. The first-order valence-electron chi connectivity index (χ1n) is 5.43. The van der Waals surface area contributed by atoms with Gasteiger partial charge in [0.05, 0.1) is 6.10 Å². The number of alkyl halides is 1. The van der Waals surface area contributed by atoms with Gasteiger partial charge in [0.25, 0.3) is 0 Å². The summed E-state index contributed by atoms with van der Waals surface area (Å²) >= 11 is 5.76. The summed E-state index contributed by atoms with van der Waals surface area (Å²) in [5.41, 5.74) is 2.34. The van der Waals surface area contributed by atoms with E-state index < -0.39 is 0 Å². The summed E-state index contributed by atoms with van der Waals surface area (Å²) in [5.74, 6) is 0.541. The van der Waals surface area contributed by atoms with Crippen LogP contribution in [0.15, 0.2) is 24.3 Å². The molecule has 1 heterocycles. The fourth-order valence-corrected chi connectivity index (χ4v) is 1.94. The van der Waals surface area contributed by atoms with E-state index in [-0.39, 0.29) is 12.3 Å². The Balaban J connectivity index is 2.05. The minimum absolute atomic E-state index is 0.0139. The average Bonchev–Trinajstić information content (AvgIpc) is 2.77. The highest BCUT2D eigenvalue weighted by Crippen LogP contribution is 2.23. The molecule has 0 aromatic heterocycles. The molecule has 0 amide bonds. The molecule has 2 atom stereocenters. The molecule has 0 unspecified atom stereocenters. The van der Waals surface area contributed by atoms with Gasteiger partial charge < -0.3 is 9.64 Å². The second-order valence-corrected chi connectivity index (χ2v) is 4.50. The zero-order chi connectivity index (χ0) is 11.5. The third-order valence-corrected chi connectivity index (χ3v) is 3.09. The van der Waals surface area contributed by atoms with Gasteiger partial charge in [-0.3, -0.25) is 5.32 Å². The summed E-state index contributed by atoms with van der Waals surface area (Å²) in [6.07, 6.45) is 0.111. The summed E-state index contributed by atoms with van der Waals surface area (Å²) in [7, 11) is 4.06. The lowest BCUT2D eigenvalue weighted by Crippen LogP contribution is -2.16. The normalized spacial score (nSPS) is 24.7. The number of nitrogens with zero attached hydrogens (tertiary/aromatic N) is 1. The number of benzene rings is 1. The number of rotatable bonds is 3. The second-order valence-electron chi connectivity index (χ2n) is 4.19. The molecule has 88 valence electrons. The number of hydrogen-bond donors (Lipinski definition) is 1. The van der Waals surface area contributed by atoms with Crippen molar-refractivity contribution in [2.24, 2.45) is 0 Å². The van der Waals surface area contributed by atoms with Gasteiger partial charge >= 0.3 is 0 Å². The Labute approximate surface area is 101 Å². The molecule has 0 radical (unpaired) electrons. The minimum atomic E-state index is -0.0139. The lowest BCUT2D eigenvalue weighted by Gasteiger charge is -2.15. The quantitative estimate of drug-likeness (QED) is 0.818. The highest BCUT2D eigenvalue weighted by molar-refractivity contribution is 6.18. The number of anilines is 1. The lowest BCUT2D eigenvalue weighted by atomic mass is 10.2. The lowest BCUT2D eigenvalue weighted by molar-refractivity contribution is 0.0528. The van der Waals surface area contributed by atoms with Crippen molar-refractivity contribution in [3.63, 3.8) is 0 Å². The third-order valence-electron chi connectivity index (χ3n) is 2.74. The fraction of sp³-hybridized carbons (Fsp3) is 0.500. The molecule has 1 saturated heterocycles. The van der Waals surface area contributed by atoms with Gasteiger partial charge in [0.15, 0.2) is 0 Å². The van der Waals surface area contributed by atoms with Crippen LogP contribution in [-0.2, 0) is 4.74 Å². The van der Waals surface area contributed by atoms with Crippen molar-refractivity contribution >= 4 is 17.3 Å². The van der Waals surface area contributed by atoms with Gasteiger partial charge in [0.1, 0.15) is 6.23 Å². The van der Waals surface area contributed by atoms with E-state index >= 15 is 0 Å². The van der Waals surface area contributed by atoms with E-state index in [0.717, 1.165) is 12.1 Å². The molecule has 2 rings (SSSR count). The van der Waals surface area contributed by atoms with Crippen LogP contribution in [-0.4, -0.2) is 32.6 Å². The molecule has 4 heteroatoms. The third kappa shape index (κ3) is 2.48. The number of halogens is 1. The Kier molecular flexibility index (Phi) is 3.69. The van der Waals surface area contributed by atoms with Gasteiger partial charge in [-0.05, 0) is 17.7 Å². The van der Waals surface area contributed by atoms with Crippen molar-refractivity contribution in [1.29, 1.82) is 0 Å². The zero-order valence-electron chi connectivity index (χ0n) is 9.61. The molecule has 16 heavy (non-hydrogen) atoms. The maximum Gasteiger partial charge on any atom is 0.134 e. The predicted octanol–water partition coefficient (Wildman–Crippen LogP) is 1.98. The molecule has 1 aromatic carbocycles. The van der Waals surface area contributed by atoms with Crippen molar-refractivity contribution in [1.82, 2.24) is 5.32 Å². The van der Waals surface area contributed by atoms with Crippen molar-refractivity contribution in [3.8, 4) is 0 Å². The van der Waals surface area contributed by atoms with Crippen molar-refractivity contribution in [3.05, 3.63) is 29.8 Å². The van der Waals surface area contributed by atoms with Gasteiger partial charge in [-0.25, -0.2) is 0 Å². The summed E-state index contributed by atoms with van der Waals surface area (Å²) in [4.78, 5) is 2.08. The van der Waals surface area contributed by atoms with Gasteiger partial charge in [-0.1, -0.05) is 12.1 Å². The Hall–Kier alpha value is -0.770. The zero-order valence-corrected chi connectivity index (χ0v) is 10.4. The first-order valence-corrected chi connectivity index (χ1v) is 5.96. The first-order chi connectivity index (χ1) is 7.70. The summed E-state index contributed by atoms with van der Waals surface area (Å²) < 4.78 is 5.74. The van der Waals surface area contributed by atoms with Crippen LogP contribution >= 0.6 is 11.6 Å². The highest BCUT2D eigenvalue weighted by atomic mass is 35.5. The molecule has 0 saturated carbocycles. The van der Waals surface area contributed by atoms with Crippen LogP contribution < -0.4 is 10.2 Å². The van der Waals surface area contributed by atoms with Gasteiger partial charge in [0, 0.05) is 32.2 Å². The standard InChI is InChI=1S/C12H17ClN2O/c1-15(2)10-5-3-9(4-6-10)12-14-8-11(7-13)16-12/h3-6,11-12,14H,7-8H2,1-2H3/t11-,12+/m1/s1. The van der Waals surface area contributed by atoms with Gasteiger partial charge in [0.2, 0.25) is 0 Å². The maximum absolute atomic E-state index is 5.76. The molecule has 1 aliphatic rings. The molecule has 3 nitrogen and oxygen atoms in total. The van der Waals surface area contributed by atoms with Crippen molar-refractivity contribution in [2.75, 3.05) is 31.4 Å². The largest absolute Gasteiger partial charge is 0.378 e. The maximum atomic E-state index is 5.76. The van der Waals surface area contributed by atoms with E-state index in [9.17, 15) is 0 Å². The molecule has 0 bridgehead atoms. The fourth-order valence-electron chi connectivity index (χ4n) is 1.76. The Morgan fingerprint density at radius 1 is 1.38 bits per heavy atom. The summed E-state index contributed by atoms with van der Waals surface area (Å²) in [6, 6.07) is 8.36. The average molecular weight is 241 g/mol. The Bertz CT molecular complexity index is 339. The van der Waals surface area contributed by atoms with E-state index in [1.807, 2.05) is 14.1 Å². The highest BCUT2D eigenvalue weighted by Gasteiger charge is 2.24. The topological polar surface area (TPSA) is 24.5 Å². The monoisotopic (exact) mass is 240 g/mol. The van der Waals surface area contributed by atoms with Crippen molar-refractivity contribution < 1.29 is 4.74 Å². The van der Waals surface area contributed by atoms with Crippen LogP contribution in [0.3, 0.4) is 0 Å². The van der Waals surface area contributed by atoms with Crippen LogP contribution in [0.25, 0.3) is 0 Å². The molecule has 1 aromatic rings. The van der Waals surface area contributed by atoms with Gasteiger partial charge in [-0.2, -0.15) is 0 Å². The second kappa shape index (κ2) is 5.04. The first kappa shape index (κ1) is 11.7. The molecule has 1 fully saturated rings. The van der Waals surface area contributed by atoms with Crippen LogP contribution in [0.2, 0.25) is 0 Å². The van der Waals surface area contributed by atoms with Crippen molar-refractivity contribution in [2.45, 2.75) is 12.3 Å². The number of nitrogens with one attached hydrogen (secondary N) is 1. The molecule has 1 N–H and O–H groups in total. The van der Waals surface area contributed by atoms with Crippen LogP contribution in [0.5, 0.6) is 0 Å². The van der Waals surface area contributed by atoms with E-state index in [1.54, 1.807) is 0 Å². The van der Waals surface area contributed by atoms with Crippen LogP contribution in [0, 0.1) is 0 Å². The summed E-state index contributed by atoms with van der Waals surface area (Å²) in [5, 5.41) is 3.30. The molecular weight excluding hydrogens is 224 g/mol. The SMILES string of the molecule is CN(C)c1ccc([C@H]2NC[C@@H](CCl)O2)cc1. The molecule has 1 aliphatic heterocycles. The van der Waals surface area contributed by atoms with Crippen LogP contribution in [0.4, 0.5) is 5.69 Å². The Morgan fingerprint density at radius 3 is 2.56 bits per heavy atom. The minimum Gasteiger partial charge on any atom is -0.378 e. The van der Waals surface area contributed by atoms with E-state index in [1.165, 1.54) is 5.69 Å². The number of hydrogen-bond acceptors (Lipinski definition) is 3. The molecular formula is C12H17ClN2O. The molecule has 0 aliphatic carbocycles. The van der Waals surface area contributed by atoms with Crippen LogP contribution in [0.1, 0.15) is 11.8 Å². The molecule has 0 spiro atoms. The van der Waals surface area contributed by atoms with E-state index in [0.29, 0.717) is 5.88 Å². The predicted molar refractivity (Wildman–Crippen MR) is 67.1 cm³/mol. The van der Waals surface area contributed by atoms with E-state index in [4.69, 9.17) is 16.3 Å². The van der Waals surface area contributed by atoms with Gasteiger partial charge in [-0.15, -0.1) is 11.6 Å². The van der Waals surface area contributed by atoms with E-state index in [2.05, 4.69) is 34.5 Å². The smallest absolute Gasteiger partial charge is 0.134 e.